The summed E-state index contributed by atoms with van der Waals surface area (Å²) in [6, 6.07) is 6.88. The van der Waals surface area contributed by atoms with Gasteiger partial charge in [0.1, 0.15) is 11.9 Å². The van der Waals surface area contributed by atoms with Gasteiger partial charge in [0, 0.05) is 5.56 Å². The number of aliphatic hydroxyl groups excluding tert-OH is 1. The molecule has 0 spiro atoms. The summed E-state index contributed by atoms with van der Waals surface area (Å²) in [4.78, 5) is 0. The minimum Gasteiger partial charge on any atom is -0.465 e. The third kappa shape index (κ3) is 3.30. The molecule has 0 amide bonds. The number of furan rings is 1. The maximum absolute atomic E-state index is 12.3. The van der Waals surface area contributed by atoms with Crippen molar-refractivity contribution in [2.24, 2.45) is 0 Å². The van der Waals surface area contributed by atoms with E-state index in [-0.39, 0.29) is 11.3 Å². The molecule has 7 heteroatoms. The quantitative estimate of drug-likeness (QED) is 0.920. The molecule has 1 unspecified atom stereocenters. The molecule has 0 bridgehead atoms. The predicted octanol–water partition coefficient (Wildman–Crippen LogP) is 4.02. The van der Waals surface area contributed by atoms with Gasteiger partial charge < -0.3 is 14.3 Å². The van der Waals surface area contributed by atoms with Crippen LogP contribution in [0.3, 0.4) is 0 Å². The molecule has 2 aromatic rings. The van der Waals surface area contributed by atoms with E-state index in [4.69, 9.17) is 4.42 Å². The van der Waals surface area contributed by atoms with E-state index in [0.29, 0.717) is 4.47 Å². The summed E-state index contributed by atoms with van der Waals surface area (Å²) in [6.45, 7) is 0. The maximum Gasteiger partial charge on any atom is 0.573 e. The van der Waals surface area contributed by atoms with E-state index in [9.17, 15) is 18.3 Å². The normalized spacial score (nSPS) is 13.3. The van der Waals surface area contributed by atoms with E-state index < -0.39 is 18.2 Å². The van der Waals surface area contributed by atoms with Crippen molar-refractivity contribution >= 4 is 15.9 Å². The molecular weight excluding hydrogens is 329 g/mol. The van der Waals surface area contributed by atoms with Crippen LogP contribution in [0.4, 0.5) is 13.2 Å². The Kier molecular flexibility index (Phi) is 3.86. The van der Waals surface area contributed by atoms with E-state index in [0.717, 1.165) is 6.07 Å². The number of para-hydroxylation sites is 1. The molecule has 0 saturated carbocycles. The molecule has 1 aromatic heterocycles. The molecule has 0 aliphatic carbocycles. The highest BCUT2D eigenvalue weighted by Gasteiger charge is 2.33. The first-order valence-corrected chi connectivity index (χ1v) is 5.93. The molecule has 0 fully saturated rings. The lowest BCUT2D eigenvalue weighted by molar-refractivity contribution is -0.275. The van der Waals surface area contributed by atoms with Crippen molar-refractivity contribution in [2.45, 2.75) is 12.5 Å². The molecule has 19 heavy (non-hydrogen) atoms. The molecule has 1 aromatic carbocycles. The smallest absolute Gasteiger partial charge is 0.465 e. The molecule has 3 nitrogen and oxygen atoms in total. The van der Waals surface area contributed by atoms with E-state index in [2.05, 4.69) is 20.7 Å². The SMILES string of the molecule is OC(c1ccccc1OC(F)(F)F)c1occc1Br. The van der Waals surface area contributed by atoms with Crippen LogP contribution in [0.15, 0.2) is 45.5 Å². The monoisotopic (exact) mass is 336 g/mol. The maximum atomic E-state index is 12.3. The van der Waals surface area contributed by atoms with Gasteiger partial charge in [-0.25, -0.2) is 0 Å². The van der Waals surface area contributed by atoms with Gasteiger partial charge in [0.2, 0.25) is 0 Å². The molecule has 0 aliphatic heterocycles. The standard InChI is InChI=1S/C12H8BrF3O3/c13-8-5-6-18-11(8)10(17)7-3-1-2-4-9(7)19-12(14,15)16/h1-6,10,17H. The number of benzene rings is 1. The Morgan fingerprint density at radius 3 is 2.47 bits per heavy atom. The number of rotatable bonds is 3. The average molecular weight is 337 g/mol. The van der Waals surface area contributed by atoms with Crippen molar-refractivity contribution in [2.75, 3.05) is 0 Å². The minimum absolute atomic E-state index is 0.0320. The summed E-state index contributed by atoms with van der Waals surface area (Å²) < 4.78 is 46.2. The van der Waals surface area contributed by atoms with Crippen LogP contribution in [0.1, 0.15) is 17.4 Å². The fraction of sp³-hybridized carbons (Fsp3) is 0.167. The van der Waals surface area contributed by atoms with Crippen LogP contribution >= 0.6 is 15.9 Å². The van der Waals surface area contributed by atoms with Crippen LogP contribution < -0.4 is 4.74 Å². The third-order valence-electron chi connectivity index (χ3n) is 2.33. The molecule has 102 valence electrons. The number of hydrogen-bond donors (Lipinski definition) is 1. The average Bonchev–Trinajstić information content (AvgIpc) is 2.73. The van der Waals surface area contributed by atoms with Gasteiger partial charge in [-0.1, -0.05) is 18.2 Å². The number of aliphatic hydroxyl groups is 1. The zero-order chi connectivity index (χ0) is 14.0. The lowest BCUT2D eigenvalue weighted by Gasteiger charge is -2.16. The van der Waals surface area contributed by atoms with Crippen molar-refractivity contribution in [1.82, 2.24) is 0 Å². The van der Waals surface area contributed by atoms with Crippen molar-refractivity contribution in [3.8, 4) is 5.75 Å². The summed E-state index contributed by atoms with van der Waals surface area (Å²) in [6.07, 6.45) is -4.87. The number of ether oxygens (including phenoxy) is 1. The van der Waals surface area contributed by atoms with Crippen LogP contribution in [0, 0.1) is 0 Å². The summed E-state index contributed by atoms with van der Waals surface area (Å²) in [5, 5.41) is 10.1. The van der Waals surface area contributed by atoms with E-state index >= 15 is 0 Å². The minimum atomic E-state index is -4.82. The Hall–Kier alpha value is -1.47. The van der Waals surface area contributed by atoms with Gasteiger partial charge in [-0.05, 0) is 28.1 Å². The molecule has 1 heterocycles. The van der Waals surface area contributed by atoms with Crippen molar-refractivity contribution in [3.63, 3.8) is 0 Å². The lowest BCUT2D eigenvalue weighted by Crippen LogP contribution is -2.18. The second kappa shape index (κ2) is 5.26. The summed E-state index contributed by atoms with van der Waals surface area (Å²) in [5.41, 5.74) is -0.0320. The van der Waals surface area contributed by atoms with E-state index in [1.165, 1.54) is 30.5 Å². The molecule has 1 atom stereocenters. The Labute approximate surface area is 114 Å². The topological polar surface area (TPSA) is 42.6 Å². The fourth-order valence-corrected chi connectivity index (χ4v) is 1.98. The van der Waals surface area contributed by atoms with Crippen LogP contribution in [-0.2, 0) is 0 Å². The summed E-state index contributed by atoms with van der Waals surface area (Å²) in [5.74, 6) is -0.357. The van der Waals surface area contributed by atoms with Crippen molar-refractivity contribution in [1.29, 1.82) is 0 Å². The van der Waals surface area contributed by atoms with Gasteiger partial charge in [-0.3, -0.25) is 0 Å². The van der Waals surface area contributed by atoms with Gasteiger partial charge in [0.25, 0.3) is 0 Å². The second-order valence-electron chi connectivity index (χ2n) is 3.62. The molecule has 2 rings (SSSR count). The first-order valence-electron chi connectivity index (χ1n) is 5.14. The lowest BCUT2D eigenvalue weighted by atomic mass is 10.1. The Morgan fingerprint density at radius 1 is 1.21 bits per heavy atom. The number of alkyl halides is 3. The summed E-state index contributed by atoms with van der Waals surface area (Å²) in [7, 11) is 0. The number of hydrogen-bond acceptors (Lipinski definition) is 3. The zero-order valence-corrected chi connectivity index (χ0v) is 10.9. The van der Waals surface area contributed by atoms with Crippen LogP contribution in [0.25, 0.3) is 0 Å². The largest absolute Gasteiger partial charge is 0.573 e. The van der Waals surface area contributed by atoms with Crippen LogP contribution in [-0.4, -0.2) is 11.5 Å². The van der Waals surface area contributed by atoms with Crippen LogP contribution in [0.5, 0.6) is 5.75 Å². The Bertz CT molecular complexity index is 565. The highest BCUT2D eigenvalue weighted by atomic mass is 79.9. The van der Waals surface area contributed by atoms with Gasteiger partial charge in [-0.15, -0.1) is 13.2 Å². The number of halogens is 4. The zero-order valence-electron chi connectivity index (χ0n) is 9.32. The van der Waals surface area contributed by atoms with Gasteiger partial charge in [0.05, 0.1) is 10.7 Å². The second-order valence-corrected chi connectivity index (χ2v) is 4.48. The predicted molar refractivity (Wildman–Crippen MR) is 63.6 cm³/mol. The first kappa shape index (κ1) is 14.0. The molecule has 1 N–H and O–H groups in total. The van der Waals surface area contributed by atoms with Gasteiger partial charge >= 0.3 is 6.36 Å². The van der Waals surface area contributed by atoms with Crippen molar-refractivity contribution < 1.29 is 27.4 Å². The molecule has 0 saturated heterocycles. The highest BCUT2D eigenvalue weighted by Crippen LogP contribution is 2.36. The third-order valence-corrected chi connectivity index (χ3v) is 2.99. The molecular formula is C12H8BrF3O3. The molecule has 0 radical (unpaired) electrons. The first-order chi connectivity index (χ1) is 8.88. The van der Waals surface area contributed by atoms with Gasteiger partial charge in [-0.2, -0.15) is 0 Å². The van der Waals surface area contributed by atoms with Crippen molar-refractivity contribution in [3.05, 3.63) is 52.4 Å². The highest BCUT2D eigenvalue weighted by molar-refractivity contribution is 9.10. The molecule has 0 aliphatic rings. The van der Waals surface area contributed by atoms with Gasteiger partial charge in [0.15, 0.2) is 5.76 Å². The van der Waals surface area contributed by atoms with Crippen LogP contribution in [0.2, 0.25) is 0 Å². The van der Waals surface area contributed by atoms with E-state index in [1.54, 1.807) is 0 Å². The fourth-order valence-electron chi connectivity index (χ4n) is 1.57. The Balaban J connectivity index is 2.37. The Morgan fingerprint density at radius 2 is 1.89 bits per heavy atom. The van der Waals surface area contributed by atoms with E-state index in [1.807, 2.05) is 0 Å². The summed E-state index contributed by atoms with van der Waals surface area (Å²) >= 11 is 3.13.